The highest BCUT2D eigenvalue weighted by Gasteiger charge is 2.05. The first-order chi connectivity index (χ1) is 7.22. The molecule has 0 nitrogen and oxygen atoms in total. The molecule has 0 aromatic heterocycles. The highest BCUT2D eigenvalue weighted by Crippen LogP contribution is 2.28. The van der Waals surface area contributed by atoms with Crippen molar-refractivity contribution in [1.82, 2.24) is 0 Å². The van der Waals surface area contributed by atoms with Gasteiger partial charge in [-0.25, -0.2) is 0 Å². The van der Waals surface area contributed by atoms with Crippen LogP contribution < -0.4 is 0 Å². The summed E-state index contributed by atoms with van der Waals surface area (Å²) in [6, 6.07) is 12.6. The van der Waals surface area contributed by atoms with Gasteiger partial charge in [-0.3, -0.25) is 0 Å². The maximum Gasteiger partial charge on any atom is 0.0484 e. The van der Waals surface area contributed by atoms with Crippen LogP contribution in [0.1, 0.15) is 31.7 Å². The fourth-order valence-corrected chi connectivity index (χ4v) is 2.03. The fraction of sp³-hybridized carbons (Fsp3) is 0.286. The van der Waals surface area contributed by atoms with Crippen LogP contribution in [0, 0.1) is 0 Å². The molecule has 0 radical (unpaired) electrons. The first-order valence-electron chi connectivity index (χ1n) is 5.40. The van der Waals surface area contributed by atoms with Gasteiger partial charge in [0.15, 0.2) is 0 Å². The average molecular weight is 219 g/mol. The van der Waals surface area contributed by atoms with E-state index in [9.17, 15) is 0 Å². The van der Waals surface area contributed by atoms with Gasteiger partial charge in [-0.05, 0) is 35.4 Å². The van der Waals surface area contributed by atoms with Crippen LogP contribution in [0.2, 0.25) is 5.02 Å². The predicted molar refractivity (Wildman–Crippen MR) is 67.7 cm³/mol. The van der Waals surface area contributed by atoms with Crippen molar-refractivity contribution in [1.29, 1.82) is 0 Å². The van der Waals surface area contributed by atoms with E-state index in [2.05, 4.69) is 38.1 Å². The van der Waals surface area contributed by atoms with E-state index in [1.54, 1.807) is 0 Å². The molecule has 0 fully saturated rings. The zero-order valence-electron chi connectivity index (χ0n) is 9.13. The average Bonchev–Trinajstić information content (AvgIpc) is 2.28. The zero-order valence-corrected chi connectivity index (χ0v) is 9.88. The Balaban J connectivity index is 2.59. The van der Waals surface area contributed by atoms with Gasteiger partial charge in [-0.15, -0.1) is 0 Å². The highest BCUT2D eigenvalue weighted by atomic mass is 35.5. The number of halogens is 1. The minimum atomic E-state index is 0.602. The topological polar surface area (TPSA) is 0 Å². The molecule has 15 heavy (non-hydrogen) atoms. The molecule has 1 atom stereocenters. The standard InChI is InChI=1S/C14H15Cl/c1-3-10(2)12-8-7-11-5-4-6-14(15)13(11)9-12/h4-10H,3H2,1-2H3. The number of hydrogen-bond acceptors (Lipinski definition) is 0. The van der Waals surface area contributed by atoms with Crippen molar-refractivity contribution >= 4 is 22.4 Å². The van der Waals surface area contributed by atoms with Gasteiger partial charge in [0.1, 0.15) is 0 Å². The summed E-state index contributed by atoms with van der Waals surface area (Å²) in [4.78, 5) is 0. The second kappa shape index (κ2) is 4.24. The maximum absolute atomic E-state index is 6.18. The fourth-order valence-electron chi connectivity index (χ4n) is 1.79. The Hall–Kier alpha value is -1.01. The molecule has 2 aromatic carbocycles. The Bertz CT molecular complexity index is 474. The van der Waals surface area contributed by atoms with Gasteiger partial charge in [-0.2, -0.15) is 0 Å². The monoisotopic (exact) mass is 218 g/mol. The lowest BCUT2D eigenvalue weighted by molar-refractivity contribution is 0.735. The third kappa shape index (κ3) is 2.00. The summed E-state index contributed by atoms with van der Waals surface area (Å²) in [7, 11) is 0. The van der Waals surface area contributed by atoms with E-state index in [1.165, 1.54) is 10.9 Å². The van der Waals surface area contributed by atoms with E-state index in [1.807, 2.05) is 12.1 Å². The molecule has 0 amide bonds. The molecule has 1 unspecified atom stereocenters. The minimum absolute atomic E-state index is 0.602. The number of hydrogen-bond donors (Lipinski definition) is 0. The summed E-state index contributed by atoms with van der Waals surface area (Å²) in [5.41, 5.74) is 1.37. The van der Waals surface area contributed by atoms with Gasteiger partial charge in [-0.1, -0.05) is 49.7 Å². The lowest BCUT2D eigenvalue weighted by Crippen LogP contribution is -1.90. The van der Waals surface area contributed by atoms with Crippen molar-refractivity contribution in [3.63, 3.8) is 0 Å². The molecule has 2 aromatic rings. The van der Waals surface area contributed by atoms with Crippen molar-refractivity contribution in [2.24, 2.45) is 0 Å². The SMILES string of the molecule is CCC(C)c1ccc2cccc(Cl)c2c1. The van der Waals surface area contributed by atoms with Crippen LogP contribution in [0.15, 0.2) is 36.4 Å². The molecule has 0 heterocycles. The van der Waals surface area contributed by atoms with Gasteiger partial charge < -0.3 is 0 Å². The van der Waals surface area contributed by atoms with Crippen LogP contribution in [0.3, 0.4) is 0 Å². The first kappa shape index (κ1) is 10.5. The van der Waals surface area contributed by atoms with Crippen LogP contribution in [0.4, 0.5) is 0 Å². The van der Waals surface area contributed by atoms with Crippen LogP contribution in [-0.2, 0) is 0 Å². The summed E-state index contributed by atoms with van der Waals surface area (Å²) in [5, 5.41) is 3.23. The molecule has 0 aliphatic carbocycles. The van der Waals surface area contributed by atoms with Gasteiger partial charge in [0, 0.05) is 10.4 Å². The Labute approximate surface area is 95.9 Å². The van der Waals surface area contributed by atoms with Crippen molar-refractivity contribution in [3.8, 4) is 0 Å². The Kier molecular flexibility index (Phi) is 2.97. The molecule has 0 bridgehead atoms. The predicted octanol–water partition coefficient (Wildman–Crippen LogP) is 5.01. The van der Waals surface area contributed by atoms with Crippen LogP contribution in [-0.4, -0.2) is 0 Å². The van der Waals surface area contributed by atoms with E-state index in [0.717, 1.165) is 16.8 Å². The Morgan fingerprint density at radius 1 is 1.20 bits per heavy atom. The molecule has 0 aliphatic rings. The molecule has 78 valence electrons. The number of benzene rings is 2. The number of fused-ring (bicyclic) bond motifs is 1. The first-order valence-corrected chi connectivity index (χ1v) is 5.78. The molecule has 0 saturated heterocycles. The molecular weight excluding hydrogens is 204 g/mol. The van der Waals surface area contributed by atoms with E-state index >= 15 is 0 Å². The maximum atomic E-state index is 6.18. The quantitative estimate of drug-likeness (QED) is 0.665. The largest absolute Gasteiger partial charge is 0.0837 e. The normalized spacial score (nSPS) is 13.0. The van der Waals surface area contributed by atoms with Gasteiger partial charge >= 0.3 is 0 Å². The third-order valence-electron chi connectivity index (χ3n) is 3.03. The molecular formula is C14H15Cl. The van der Waals surface area contributed by atoms with Gasteiger partial charge in [0.05, 0.1) is 0 Å². The van der Waals surface area contributed by atoms with Crippen molar-refractivity contribution in [2.45, 2.75) is 26.2 Å². The lowest BCUT2D eigenvalue weighted by atomic mass is 9.96. The zero-order chi connectivity index (χ0) is 10.8. The lowest BCUT2D eigenvalue weighted by Gasteiger charge is -2.10. The Morgan fingerprint density at radius 3 is 2.73 bits per heavy atom. The van der Waals surface area contributed by atoms with E-state index in [0.29, 0.717) is 5.92 Å². The minimum Gasteiger partial charge on any atom is -0.0837 e. The highest BCUT2D eigenvalue weighted by molar-refractivity contribution is 6.35. The number of rotatable bonds is 2. The van der Waals surface area contributed by atoms with Crippen LogP contribution >= 0.6 is 11.6 Å². The van der Waals surface area contributed by atoms with Gasteiger partial charge in [0.25, 0.3) is 0 Å². The molecule has 0 spiro atoms. The van der Waals surface area contributed by atoms with E-state index in [-0.39, 0.29) is 0 Å². The molecule has 0 saturated carbocycles. The van der Waals surface area contributed by atoms with Crippen molar-refractivity contribution in [2.75, 3.05) is 0 Å². The van der Waals surface area contributed by atoms with E-state index < -0.39 is 0 Å². The summed E-state index contributed by atoms with van der Waals surface area (Å²) < 4.78 is 0. The van der Waals surface area contributed by atoms with E-state index in [4.69, 9.17) is 11.6 Å². The summed E-state index contributed by atoms with van der Waals surface area (Å²) >= 11 is 6.18. The second-order valence-electron chi connectivity index (χ2n) is 4.03. The summed E-state index contributed by atoms with van der Waals surface area (Å²) in [6.45, 7) is 4.46. The molecule has 0 aliphatic heterocycles. The molecule has 2 rings (SSSR count). The summed E-state index contributed by atoms with van der Waals surface area (Å²) in [5.74, 6) is 0.602. The van der Waals surface area contributed by atoms with Crippen molar-refractivity contribution in [3.05, 3.63) is 47.0 Å². The van der Waals surface area contributed by atoms with Crippen molar-refractivity contribution < 1.29 is 0 Å². The van der Waals surface area contributed by atoms with Gasteiger partial charge in [0.2, 0.25) is 0 Å². The summed E-state index contributed by atoms with van der Waals surface area (Å²) in [6.07, 6.45) is 1.16. The molecule has 0 N–H and O–H groups in total. The van der Waals surface area contributed by atoms with Crippen LogP contribution in [0.25, 0.3) is 10.8 Å². The van der Waals surface area contributed by atoms with Crippen LogP contribution in [0.5, 0.6) is 0 Å². The smallest absolute Gasteiger partial charge is 0.0484 e. The molecule has 1 heteroatoms. The second-order valence-corrected chi connectivity index (χ2v) is 4.44. The third-order valence-corrected chi connectivity index (χ3v) is 3.36. The Morgan fingerprint density at radius 2 is 2.00 bits per heavy atom.